The van der Waals surface area contributed by atoms with Crippen molar-refractivity contribution in [3.8, 4) is 0 Å². The minimum absolute atomic E-state index is 0.188. The van der Waals surface area contributed by atoms with Crippen molar-refractivity contribution in [3.63, 3.8) is 0 Å². The van der Waals surface area contributed by atoms with E-state index in [0.29, 0.717) is 0 Å². The standard InChI is InChI=1S/C11H23NO2S/c1-7-8-12-10(9(2)3)11(4,5)15(6,13)14/h10,12H,2,7-8H2,1,3-6H3. The molecule has 0 aromatic rings. The van der Waals surface area contributed by atoms with Crippen LogP contribution in [0.1, 0.15) is 34.1 Å². The second-order valence-electron chi connectivity index (χ2n) is 4.61. The summed E-state index contributed by atoms with van der Waals surface area (Å²) in [5.41, 5.74) is 0.860. The summed E-state index contributed by atoms with van der Waals surface area (Å²) in [6.45, 7) is 12.1. The summed E-state index contributed by atoms with van der Waals surface area (Å²) in [5.74, 6) is 0. The Labute approximate surface area is 93.9 Å². The third-order valence-electron chi connectivity index (χ3n) is 2.74. The summed E-state index contributed by atoms with van der Waals surface area (Å²) in [6.07, 6.45) is 2.25. The van der Waals surface area contributed by atoms with Crippen molar-refractivity contribution in [2.24, 2.45) is 0 Å². The molecule has 1 N–H and O–H groups in total. The average molecular weight is 233 g/mol. The first-order valence-electron chi connectivity index (χ1n) is 5.23. The average Bonchev–Trinajstić information content (AvgIpc) is 2.01. The third kappa shape index (κ3) is 3.61. The maximum absolute atomic E-state index is 11.7. The number of rotatable bonds is 6. The van der Waals surface area contributed by atoms with Gasteiger partial charge in [-0.05, 0) is 33.7 Å². The monoisotopic (exact) mass is 233 g/mol. The summed E-state index contributed by atoms with van der Waals surface area (Å²) < 4.78 is 22.6. The zero-order valence-electron chi connectivity index (χ0n) is 10.4. The molecule has 1 atom stereocenters. The largest absolute Gasteiger partial charge is 0.309 e. The van der Waals surface area contributed by atoms with Crippen LogP contribution in [-0.4, -0.2) is 32.0 Å². The van der Waals surface area contributed by atoms with E-state index < -0.39 is 14.6 Å². The van der Waals surface area contributed by atoms with Crippen molar-refractivity contribution in [1.29, 1.82) is 0 Å². The van der Waals surface area contributed by atoms with Gasteiger partial charge in [-0.1, -0.05) is 19.1 Å². The fourth-order valence-electron chi connectivity index (χ4n) is 1.52. The topological polar surface area (TPSA) is 46.2 Å². The van der Waals surface area contributed by atoms with E-state index in [2.05, 4.69) is 18.8 Å². The van der Waals surface area contributed by atoms with Crippen molar-refractivity contribution in [3.05, 3.63) is 12.2 Å². The van der Waals surface area contributed by atoms with Gasteiger partial charge in [-0.25, -0.2) is 8.42 Å². The summed E-state index contributed by atoms with van der Waals surface area (Å²) in [7, 11) is -3.10. The van der Waals surface area contributed by atoms with E-state index in [-0.39, 0.29) is 6.04 Å². The third-order valence-corrected chi connectivity index (χ3v) is 4.89. The van der Waals surface area contributed by atoms with Gasteiger partial charge in [0.15, 0.2) is 9.84 Å². The molecule has 15 heavy (non-hydrogen) atoms. The number of sulfone groups is 1. The van der Waals surface area contributed by atoms with Crippen LogP contribution in [0, 0.1) is 0 Å². The molecule has 0 rings (SSSR count). The first-order chi connectivity index (χ1) is 6.64. The molecule has 0 heterocycles. The molecule has 0 saturated heterocycles. The van der Waals surface area contributed by atoms with Gasteiger partial charge in [0.1, 0.15) is 0 Å². The van der Waals surface area contributed by atoms with Crippen LogP contribution in [0.25, 0.3) is 0 Å². The summed E-state index contributed by atoms with van der Waals surface area (Å²) >= 11 is 0. The predicted molar refractivity (Wildman–Crippen MR) is 65.8 cm³/mol. The van der Waals surface area contributed by atoms with Crippen LogP contribution >= 0.6 is 0 Å². The fourth-order valence-corrected chi connectivity index (χ4v) is 2.23. The SMILES string of the molecule is C=C(C)C(NCCC)C(C)(C)S(C)(=O)=O. The molecule has 0 bridgehead atoms. The van der Waals surface area contributed by atoms with Gasteiger partial charge >= 0.3 is 0 Å². The highest BCUT2D eigenvalue weighted by Gasteiger charge is 2.38. The first-order valence-corrected chi connectivity index (χ1v) is 7.12. The summed E-state index contributed by atoms with van der Waals surface area (Å²) in [6, 6.07) is -0.188. The Hall–Kier alpha value is -0.350. The van der Waals surface area contributed by atoms with Gasteiger partial charge in [0.2, 0.25) is 0 Å². The quantitative estimate of drug-likeness (QED) is 0.711. The van der Waals surface area contributed by atoms with Crippen LogP contribution in [0.2, 0.25) is 0 Å². The molecule has 0 aromatic carbocycles. The Kier molecular flexibility index (Phi) is 5.00. The predicted octanol–water partition coefficient (Wildman–Crippen LogP) is 1.75. The molecule has 0 fully saturated rings. The Bertz CT molecular complexity index is 317. The molecule has 0 amide bonds. The van der Waals surface area contributed by atoms with E-state index in [4.69, 9.17) is 0 Å². The molecule has 0 spiro atoms. The minimum atomic E-state index is -3.10. The second kappa shape index (κ2) is 5.12. The van der Waals surface area contributed by atoms with Gasteiger partial charge in [-0.3, -0.25) is 0 Å². The van der Waals surface area contributed by atoms with E-state index in [9.17, 15) is 8.42 Å². The van der Waals surface area contributed by atoms with Gasteiger partial charge in [-0.2, -0.15) is 0 Å². The zero-order chi connectivity index (χ0) is 12.3. The molecule has 0 saturated carbocycles. The van der Waals surface area contributed by atoms with Gasteiger partial charge < -0.3 is 5.32 Å². The molecule has 1 unspecified atom stereocenters. The molecule has 0 aliphatic heterocycles. The smallest absolute Gasteiger partial charge is 0.154 e. The van der Waals surface area contributed by atoms with Crippen LogP contribution in [0.3, 0.4) is 0 Å². The van der Waals surface area contributed by atoms with E-state index >= 15 is 0 Å². The Balaban J connectivity index is 5.00. The van der Waals surface area contributed by atoms with Crippen LogP contribution in [0.5, 0.6) is 0 Å². The molecule has 0 aromatic heterocycles. The molecule has 0 aliphatic rings. The number of nitrogens with one attached hydrogen (secondary N) is 1. The van der Waals surface area contributed by atoms with Gasteiger partial charge in [0, 0.05) is 12.3 Å². The maximum Gasteiger partial charge on any atom is 0.154 e. The Morgan fingerprint density at radius 1 is 1.47 bits per heavy atom. The molecule has 3 nitrogen and oxygen atoms in total. The summed E-state index contributed by atoms with van der Waals surface area (Å²) in [4.78, 5) is 0. The first kappa shape index (κ1) is 14.6. The molecule has 0 aliphatic carbocycles. The van der Waals surface area contributed by atoms with Crippen LogP contribution in [-0.2, 0) is 9.84 Å². The maximum atomic E-state index is 11.7. The normalized spacial score (nSPS) is 15.0. The fraction of sp³-hybridized carbons (Fsp3) is 0.818. The minimum Gasteiger partial charge on any atom is -0.309 e. The van der Waals surface area contributed by atoms with Crippen molar-refractivity contribution < 1.29 is 8.42 Å². The second-order valence-corrected chi connectivity index (χ2v) is 7.21. The molecular formula is C11H23NO2S. The van der Waals surface area contributed by atoms with Gasteiger partial charge in [0.25, 0.3) is 0 Å². The van der Waals surface area contributed by atoms with E-state index in [1.165, 1.54) is 6.26 Å². The lowest BCUT2D eigenvalue weighted by Crippen LogP contribution is -2.52. The van der Waals surface area contributed by atoms with Crippen molar-refractivity contribution in [1.82, 2.24) is 5.32 Å². The lowest BCUT2D eigenvalue weighted by molar-refractivity contribution is 0.449. The number of hydrogen-bond acceptors (Lipinski definition) is 3. The van der Waals surface area contributed by atoms with Crippen LogP contribution in [0.4, 0.5) is 0 Å². The van der Waals surface area contributed by atoms with E-state index in [1.807, 2.05) is 6.92 Å². The molecular weight excluding hydrogens is 210 g/mol. The van der Waals surface area contributed by atoms with Crippen molar-refractivity contribution >= 4 is 9.84 Å². The Morgan fingerprint density at radius 2 is 1.93 bits per heavy atom. The highest BCUT2D eigenvalue weighted by molar-refractivity contribution is 7.92. The van der Waals surface area contributed by atoms with Gasteiger partial charge in [0.05, 0.1) is 4.75 Å². The van der Waals surface area contributed by atoms with Crippen molar-refractivity contribution in [2.45, 2.75) is 44.9 Å². The lowest BCUT2D eigenvalue weighted by atomic mass is 9.97. The van der Waals surface area contributed by atoms with E-state index in [0.717, 1.165) is 18.5 Å². The summed E-state index contributed by atoms with van der Waals surface area (Å²) in [5, 5.41) is 3.24. The molecule has 4 heteroatoms. The lowest BCUT2D eigenvalue weighted by Gasteiger charge is -2.34. The van der Waals surface area contributed by atoms with Crippen LogP contribution < -0.4 is 5.32 Å². The molecule has 90 valence electrons. The highest BCUT2D eigenvalue weighted by Crippen LogP contribution is 2.24. The van der Waals surface area contributed by atoms with Crippen molar-refractivity contribution in [2.75, 3.05) is 12.8 Å². The highest BCUT2D eigenvalue weighted by atomic mass is 32.2. The van der Waals surface area contributed by atoms with Gasteiger partial charge in [-0.15, -0.1) is 0 Å². The zero-order valence-corrected chi connectivity index (χ0v) is 11.2. The van der Waals surface area contributed by atoms with Crippen LogP contribution in [0.15, 0.2) is 12.2 Å². The number of hydrogen-bond donors (Lipinski definition) is 1. The Morgan fingerprint density at radius 3 is 2.20 bits per heavy atom. The van der Waals surface area contributed by atoms with E-state index in [1.54, 1.807) is 13.8 Å². The molecule has 0 radical (unpaired) electrons.